The molecule has 0 aliphatic carbocycles. The van der Waals surface area contributed by atoms with Crippen LogP contribution in [-0.2, 0) is 13.1 Å². The van der Waals surface area contributed by atoms with Crippen LogP contribution < -0.4 is 4.74 Å². The fourth-order valence-corrected chi connectivity index (χ4v) is 2.67. The van der Waals surface area contributed by atoms with Gasteiger partial charge in [0.15, 0.2) is 0 Å². The Morgan fingerprint density at radius 3 is 2.71 bits per heavy atom. The molecule has 0 saturated carbocycles. The van der Waals surface area contributed by atoms with Crippen LogP contribution in [-0.4, -0.2) is 46.1 Å². The Kier molecular flexibility index (Phi) is 6.42. The minimum atomic E-state index is -0.559. The van der Waals surface area contributed by atoms with Crippen molar-refractivity contribution in [3.05, 3.63) is 47.3 Å². The molecular weight excluding hydrogens is 302 g/mol. The molecule has 24 heavy (non-hydrogen) atoms. The first-order chi connectivity index (χ1) is 11.5. The summed E-state index contributed by atoms with van der Waals surface area (Å²) in [6, 6.07) is 6.05. The van der Waals surface area contributed by atoms with Gasteiger partial charge in [0.05, 0.1) is 6.20 Å². The topological polar surface area (TPSA) is 50.5 Å². The molecular formula is C19H25N3O2. The van der Waals surface area contributed by atoms with Gasteiger partial charge in [-0.3, -0.25) is 9.58 Å². The molecule has 1 unspecified atom stereocenters. The number of ether oxygens (including phenoxy) is 1. The van der Waals surface area contributed by atoms with E-state index in [1.807, 2.05) is 44.1 Å². The lowest BCUT2D eigenvalue weighted by atomic mass is 10.1. The summed E-state index contributed by atoms with van der Waals surface area (Å²) in [5, 5.41) is 14.4. The summed E-state index contributed by atoms with van der Waals surface area (Å²) in [4.78, 5) is 2.03. The van der Waals surface area contributed by atoms with Gasteiger partial charge in [-0.15, -0.1) is 6.42 Å². The highest BCUT2D eigenvalue weighted by Crippen LogP contribution is 2.16. The molecule has 1 aromatic carbocycles. The van der Waals surface area contributed by atoms with Crippen molar-refractivity contribution in [2.24, 2.45) is 0 Å². The van der Waals surface area contributed by atoms with Crippen LogP contribution in [0.1, 0.15) is 16.7 Å². The number of benzene rings is 1. The molecule has 5 heteroatoms. The zero-order chi connectivity index (χ0) is 17.5. The minimum absolute atomic E-state index is 0.267. The largest absolute Gasteiger partial charge is 0.491 e. The van der Waals surface area contributed by atoms with Crippen LogP contribution in [0.15, 0.2) is 30.6 Å². The number of likely N-dealkylation sites (N-methyl/N-ethyl adjacent to an activating group) is 1. The normalized spacial score (nSPS) is 12.2. The van der Waals surface area contributed by atoms with E-state index in [0.717, 1.165) is 22.4 Å². The average molecular weight is 327 g/mol. The van der Waals surface area contributed by atoms with E-state index in [1.54, 1.807) is 10.9 Å². The van der Waals surface area contributed by atoms with Crippen LogP contribution in [0, 0.1) is 26.2 Å². The van der Waals surface area contributed by atoms with Crippen LogP contribution in [0.25, 0.3) is 0 Å². The average Bonchev–Trinajstić information content (AvgIpc) is 2.91. The molecule has 2 rings (SSSR count). The van der Waals surface area contributed by atoms with Gasteiger partial charge in [0.1, 0.15) is 25.0 Å². The predicted molar refractivity (Wildman–Crippen MR) is 94.8 cm³/mol. The number of nitrogens with zero attached hydrogens (tertiary/aromatic N) is 3. The van der Waals surface area contributed by atoms with Gasteiger partial charge in [0.25, 0.3) is 0 Å². The molecule has 1 N–H and O–H groups in total. The van der Waals surface area contributed by atoms with Gasteiger partial charge in [-0.25, -0.2) is 0 Å². The summed E-state index contributed by atoms with van der Waals surface area (Å²) < 4.78 is 7.43. The van der Waals surface area contributed by atoms with Crippen molar-refractivity contribution in [1.82, 2.24) is 14.7 Å². The van der Waals surface area contributed by atoms with E-state index < -0.39 is 6.10 Å². The standard InChI is InChI=1S/C19H25N3O2/c1-5-6-22-12-17(10-20-22)11-21(4)13-18(23)14-24-19-8-15(2)7-16(3)9-19/h1,7-10,12,18,23H,6,11,13-14H2,2-4H3. The number of hydrogen-bond donors (Lipinski definition) is 1. The van der Waals surface area contributed by atoms with Crippen LogP contribution >= 0.6 is 0 Å². The second kappa shape index (κ2) is 8.53. The second-order valence-corrected chi connectivity index (χ2v) is 6.24. The first-order valence-corrected chi connectivity index (χ1v) is 7.98. The third kappa shape index (κ3) is 5.73. The number of terminal acetylenes is 1. The van der Waals surface area contributed by atoms with Crippen molar-refractivity contribution >= 4 is 0 Å². The molecule has 0 aliphatic rings. The minimum Gasteiger partial charge on any atom is -0.491 e. The van der Waals surface area contributed by atoms with E-state index >= 15 is 0 Å². The summed E-state index contributed by atoms with van der Waals surface area (Å²) in [6.45, 7) is 6.02. The molecule has 2 aromatic rings. The second-order valence-electron chi connectivity index (χ2n) is 6.24. The fraction of sp³-hybridized carbons (Fsp3) is 0.421. The van der Waals surface area contributed by atoms with Crippen molar-refractivity contribution in [2.45, 2.75) is 33.0 Å². The molecule has 0 bridgehead atoms. The van der Waals surface area contributed by atoms with Gasteiger partial charge < -0.3 is 9.84 Å². The maximum atomic E-state index is 10.2. The molecule has 1 atom stereocenters. The lowest BCUT2D eigenvalue weighted by Gasteiger charge is -2.20. The first-order valence-electron chi connectivity index (χ1n) is 7.98. The van der Waals surface area contributed by atoms with Crippen molar-refractivity contribution in [2.75, 3.05) is 20.2 Å². The van der Waals surface area contributed by atoms with E-state index in [1.165, 1.54) is 0 Å². The van der Waals surface area contributed by atoms with E-state index in [-0.39, 0.29) is 6.61 Å². The fourth-order valence-electron chi connectivity index (χ4n) is 2.67. The van der Waals surface area contributed by atoms with Crippen molar-refractivity contribution < 1.29 is 9.84 Å². The Morgan fingerprint density at radius 1 is 1.33 bits per heavy atom. The highest BCUT2D eigenvalue weighted by atomic mass is 16.5. The Balaban J connectivity index is 1.78. The number of rotatable bonds is 8. The monoisotopic (exact) mass is 327 g/mol. The third-order valence-corrected chi connectivity index (χ3v) is 3.55. The smallest absolute Gasteiger partial charge is 0.119 e. The molecule has 0 amide bonds. The Labute approximate surface area is 143 Å². The van der Waals surface area contributed by atoms with Gasteiger partial charge in [0, 0.05) is 24.8 Å². The summed E-state index contributed by atoms with van der Waals surface area (Å²) in [5.41, 5.74) is 3.37. The molecule has 0 fully saturated rings. The molecule has 0 aliphatic heterocycles. The lowest BCUT2D eigenvalue weighted by Crippen LogP contribution is -2.32. The van der Waals surface area contributed by atoms with Crippen molar-refractivity contribution in [3.63, 3.8) is 0 Å². The summed E-state index contributed by atoms with van der Waals surface area (Å²) in [6.07, 6.45) is 8.43. The van der Waals surface area contributed by atoms with Crippen LogP contribution in [0.4, 0.5) is 0 Å². The molecule has 0 spiro atoms. The molecule has 0 saturated heterocycles. The van der Waals surface area contributed by atoms with Gasteiger partial charge in [-0.05, 0) is 44.2 Å². The van der Waals surface area contributed by atoms with Gasteiger partial charge >= 0.3 is 0 Å². The van der Waals surface area contributed by atoms with Gasteiger partial charge in [0.2, 0.25) is 0 Å². The highest BCUT2D eigenvalue weighted by molar-refractivity contribution is 5.33. The van der Waals surface area contributed by atoms with Crippen molar-refractivity contribution in [1.29, 1.82) is 0 Å². The molecule has 1 heterocycles. The number of aliphatic hydroxyl groups excluding tert-OH is 1. The van der Waals surface area contributed by atoms with E-state index in [2.05, 4.69) is 17.1 Å². The first kappa shape index (κ1) is 18.1. The van der Waals surface area contributed by atoms with Crippen molar-refractivity contribution in [3.8, 4) is 18.1 Å². The van der Waals surface area contributed by atoms with Crippen LogP contribution in [0.2, 0.25) is 0 Å². The summed E-state index contributed by atoms with van der Waals surface area (Å²) >= 11 is 0. The summed E-state index contributed by atoms with van der Waals surface area (Å²) in [7, 11) is 1.96. The molecule has 5 nitrogen and oxygen atoms in total. The Bertz CT molecular complexity index is 683. The van der Waals surface area contributed by atoms with E-state index in [0.29, 0.717) is 19.6 Å². The third-order valence-electron chi connectivity index (χ3n) is 3.55. The Hall–Kier alpha value is -2.29. The van der Waals surface area contributed by atoms with E-state index in [9.17, 15) is 5.11 Å². The Morgan fingerprint density at radius 2 is 2.04 bits per heavy atom. The number of aryl methyl sites for hydroxylation is 2. The number of aliphatic hydroxyl groups is 1. The SMILES string of the molecule is C#CCn1cc(CN(C)CC(O)COc2cc(C)cc(C)c2)cn1. The van der Waals surface area contributed by atoms with Gasteiger partial charge in [-0.2, -0.15) is 5.10 Å². The summed E-state index contributed by atoms with van der Waals surface area (Å²) in [5.74, 6) is 3.35. The zero-order valence-electron chi connectivity index (χ0n) is 14.6. The maximum Gasteiger partial charge on any atom is 0.119 e. The van der Waals surface area contributed by atoms with Gasteiger partial charge in [-0.1, -0.05) is 12.0 Å². The zero-order valence-corrected chi connectivity index (χ0v) is 14.6. The lowest BCUT2D eigenvalue weighted by molar-refractivity contribution is 0.0743. The number of aromatic nitrogens is 2. The quantitative estimate of drug-likeness (QED) is 0.754. The maximum absolute atomic E-state index is 10.2. The molecule has 0 radical (unpaired) electrons. The highest BCUT2D eigenvalue weighted by Gasteiger charge is 2.11. The van der Waals surface area contributed by atoms with E-state index in [4.69, 9.17) is 11.2 Å². The molecule has 1 aromatic heterocycles. The van der Waals surface area contributed by atoms with Crippen LogP contribution in [0.5, 0.6) is 5.75 Å². The number of hydrogen-bond acceptors (Lipinski definition) is 4. The predicted octanol–water partition coefficient (Wildman–Crippen LogP) is 2.00. The van der Waals surface area contributed by atoms with Crippen LogP contribution in [0.3, 0.4) is 0 Å². The molecule has 128 valence electrons.